The molecule has 0 N–H and O–H groups in total. The van der Waals surface area contributed by atoms with Crippen LogP contribution in [0.15, 0.2) is 237 Å². The van der Waals surface area contributed by atoms with Gasteiger partial charge in [-0.1, -0.05) is 214 Å². The van der Waals surface area contributed by atoms with Crippen molar-refractivity contribution in [2.45, 2.75) is 19.3 Å². The summed E-state index contributed by atoms with van der Waals surface area (Å²) < 4.78 is 0. The Morgan fingerprint density at radius 1 is 0.266 bits per heavy atom. The molecule has 0 radical (unpaired) electrons. The molecule has 1 nitrogen and oxygen atoms in total. The Balaban J connectivity index is 0.918. The van der Waals surface area contributed by atoms with Crippen molar-refractivity contribution in [3.8, 4) is 55.6 Å². The van der Waals surface area contributed by atoms with Gasteiger partial charge >= 0.3 is 0 Å². The van der Waals surface area contributed by atoms with Crippen molar-refractivity contribution in [3.63, 3.8) is 0 Å². The molecule has 0 spiro atoms. The fourth-order valence-electron chi connectivity index (χ4n) is 10.4. The number of fused-ring (bicyclic) bond motifs is 7. The lowest BCUT2D eigenvalue weighted by atomic mass is 9.82. The number of nitrogens with zero attached hydrogens (tertiary/aromatic N) is 1. The lowest BCUT2D eigenvalue weighted by Crippen LogP contribution is -2.14. The molecule has 0 unspecified atom stereocenters. The molecule has 1 aliphatic rings. The highest BCUT2D eigenvalue weighted by Crippen LogP contribution is 2.52. The second-order valence-corrected chi connectivity index (χ2v) is 17.7. The maximum atomic E-state index is 2.38. The predicted octanol–water partition coefficient (Wildman–Crippen LogP) is 17.6. The van der Waals surface area contributed by atoms with Gasteiger partial charge in [0.2, 0.25) is 0 Å². The lowest BCUT2D eigenvalue weighted by molar-refractivity contribution is 0.660. The minimum atomic E-state index is -0.0460. The molecule has 0 bridgehead atoms. The summed E-state index contributed by atoms with van der Waals surface area (Å²) in [5.41, 5.74) is 18.5. The van der Waals surface area contributed by atoms with Crippen molar-refractivity contribution in [1.82, 2.24) is 0 Å². The molecule has 1 aliphatic carbocycles. The average molecular weight is 816 g/mol. The Morgan fingerprint density at radius 3 is 1.34 bits per heavy atom. The second-order valence-electron chi connectivity index (χ2n) is 17.7. The van der Waals surface area contributed by atoms with Crippen LogP contribution in [-0.2, 0) is 5.41 Å². The molecule has 64 heavy (non-hydrogen) atoms. The van der Waals surface area contributed by atoms with Gasteiger partial charge in [0.05, 0.1) is 0 Å². The first kappa shape index (κ1) is 37.7. The van der Waals surface area contributed by atoms with E-state index in [-0.39, 0.29) is 5.41 Å². The van der Waals surface area contributed by atoms with E-state index in [2.05, 4.69) is 255 Å². The topological polar surface area (TPSA) is 3.24 Å². The molecule has 0 atom stereocenters. The van der Waals surface area contributed by atoms with Gasteiger partial charge in [-0.25, -0.2) is 0 Å². The van der Waals surface area contributed by atoms with Gasteiger partial charge in [0.25, 0.3) is 0 Å². The highest BCUT2D eigenvalue weighted by Gasteiger charge is 2.36. The van der Waals surface area contributed by atoms with Crippen LogP contribution in [0, 0.1) is 0 Å². The second kappa shape index (κ2) is 15.1. The normalized spacial score (nSPS) is 12.7. The molecule has 302 valence electrons. The van der Waals surface area contributed by atoms with E-state index in [1.165, 1.54) is 99.1 Å². The van der Waals surface area contributed by atoms with Crippen LogP contribution >= 0.6 is 0 Å². The van der Waals surface area contributed by atoms with Gasteiger partial charge in [-0.15, -0.1) is 0 Å². The van der Waals surface area contributed by atoms with E-state index in [0.29, 0.717) is 0 Å². The molecular formula is C63H45N. The third-order valence-corrected chi connectivity index (χ3v) is 13.7. The molecule has 0 aromatic heterocycles. The summed E-state index contributed by atoms with van der Waals surface area (Å²) in [6, 6.07) is 87.0. The molecule has 1 heteroatoms. The van der Waals surface area contributed by atoms with E-state index in [0.717, 1.165) is 17.1 Å². The molecule has 12 rings (SSSR count). The van der Waals surface area contributed by atoms with E-state index < -0.39 is 0 Å². The molecule has 11 aromatic rings. The van der Waals surface area contributed by atoms with Gasteiger partial charge < -0.3 is 4.90 Å². The van der Waals surface area contributed by atoms with Crippen molar-refractivity contribution in [2.24, 2.45) is 0 Å². The number of hydrogen-bond donors (Lipinski definition) is 0. The zero-order valence-electron chi connectivity index (χ0n) is 36.0. The van der Waals surface area contributed by atoms with E-state index in [9.17, 15) is 0 Å². The highest BCUT2D eigenvalue weighted by molar-refractivity contribution is 6.12. The first-order valence-corrected chi connectivity index (χ1v) is 22.3. The molecular weight excluding hydrogens is 771 g/mol. The van der Waals surface area contributed by atoms with Gasteiger partial charge in [-0.2, -0.15) is 0 Å². The Kier molecular flexibility index (Phi) is 8.91. The Labute approximate surface area is 375 Å². The number of anilines is 3. The summed E-state index contributed by atoms with van der Waals surface area (Å²) in [4.78, 5) is 2.38. The largest absolute Gasteiger partial charge is 0.311 e. The molecule has 0 saturated heterocycles. The fourth-order valence-corrected chi connectivity index (χ4v) is 10.4. The Morgan fingerprint density at radius 2 is 0.672 bits per heavy atom. The molecule has 0 aliphatic heterocycles. The van der Waals surface area contributed by atoms with Crippen molar-refractivity contribution in [1.29, 1.82) is 0 Å². The third-order valence-electron chi connectivity index (χ3n) is 13.7. The van der Waals surface area contributed by atoms with Gasteiger partial charge in [-0.05, 0) is 135 Å². The van der Waals surface area contributed by atoms with Gasteiger partial charge in [-0.3, -0.25) is 0 Å². The zero-order chi connectivity index (χ0) is 42.8. The summed E-state index contributed by atoms with van der Waals surface area (Å²) in [7, 11) is 0. The smallest absolute Gasteiger partial charge is 0.0462 e. The molecule has 11 aromatic carbocycles. The highest BCUT2D eigenvalue weighted by atomic mass is 15.1. The molecule has 0 amide bonds. The van der Waals surface area contributed by atoms with Crippen LogP contribution in [0.2, 0.25) is 0 Å². The van der Waals surface area contributed by atoms with Crippen molar-refractivity contribution in [3.05, 3.63) is 248 Å². The molecule has 0 heterocycles. The van der Waals surface area contributed by atoms with Crippen molar-refractivity contribution < 1.29 is 0 Å². The van der Waals surface area contributed by atoms with Crippen LogP contribution in [0.4, 0.5) is 17.1 Å². The SMILES string of the molecule is CC1(C)c2ccccc2-c2c(-c3ccc(N(c4ccc(-c5ccc(-c6cccc7ccccc67)cc5)cc4)c4ccc(-c5cccc6c5ccc5ccccc56)cc4)cc3)cccc21. The summed E-state index contributed by atoms with van der Waals surface area (Å²) >= 11 is 0. The zero-order valence-corrected chi connectivity index (χ0v) is 36.0. The van der Waals surface area contributed by atoms with Crippen LogP contribution in [0.3, 0.4) is 0 Å². The van der Waals surface area contributed by atoms with Crippen LogP contribution in [0.1, 0.15) is 25.0 Å². The fraction of sp³-hybridized carbons (Fsp3) is 0.0476. The van der Waals surface area contributed by atoms with Crippen LogP contribution in [0.5, 0.6) is 0 Å². The predicted molar refractivity (Wildman–Crippen MR) is 273 cm³/mol. The van der Waals surface area contributed by atoms with Gasteiger partial charge in [0, 0.05) is 22.5 Å². The average Bonchev–Trinajstić information content (AvgIpc) is 3.60. The van der Waals surface area contributed by atoms with E-state index in [4.69, 9.17) is 0 Å². The summed E-state index contributed by atoms with van der Waals surface area (Å²) in [5, 5.41) is 7.62. The number of rotatable bonds is 7. The summed E-state index contributed by atoms with van der Waals surface area (Å²) in [6.07, 6.45) is 0. The number of hydrogen-bond acceptors (Lipinski definition) is 1. The van der Waals surface area contributed by atoms with E-state index in [1.54, 1.807) is 0 Å². The van der Waals surface area contributed by atoms with E-state index in [1.807, 2.05) is 0 Å². The number of benzene rings is 11. The standard InChI is InChI=1S/C63H45N/c1-63(2)60-22-8-7-17-59(60)62-56(20-11-23-61(62)63)48-32-39-51(40-33-48)64(50-37-30-47(31-38-50)55-19-10-21-57-54-16-6-4-13-45(54)34-41-58(55)57)49-35-28-43(29-36-49)42-24-26-46(27-25-42)53-18-9-14-44-12-3-5-15-52(44)53/h3-41H,1-2H3. The van der Waals surface area contributed by atoms with Crippen LogP contribution in [-0.4, -0.2) is 0 Å². The summed E-state index contributed by atoms with van der Waals surface area (Å²) in [6.45, 7) is 4.70. The maximum Gasteiger partial charge on any atom is 0.0462 e. The van der Waals surface area contributed by atoms with Crippen LogP contribution < -0.4 is 4.90 Å². The minimum absolute atomic E-state index is 0.0460. The van der Waals surface area contributed by atoms with Crippen LogP contribution in [0.25, 0.3) is 88.0 Å². The van der Waals surface area contributed by atoms with E-state index >= 15 is 0 Å². The first-order valence-electron chi connectivity index (χ1n) is 22.3. The van der Waals surface area contributed by atoms with Crippen molar-refractivity contribution in [2.75, 3.05) is 4.90 Å². The Bertz CT molecular complexity index is 3540. The molecule has 0 fully saturated rings. The minimum Gasteiger partial charge on any atom is -0.311 e. The third kappa shape index (κ3) is 6.23. The van der Waals surface area contributed by atoms with Gasteiger partial charge in [0.15, 0.2) is 0 Å². The van der Waals surface area contributed by atoms with Crippen molar-refractivity contribution >= 4 is 49.4 Å². The van der Waals surface area contributed by atoms with Gasteiger partial charge in [0.1, 0.15) is 0 Å². The quantitative estimate of drug-likeness (QED) is 0.145. The lowest BCUT2D eigenvalue weighted by Gasteiger charge is -2.26. The molecule has 0 saturated carbocycles. The Hall–Kier alpha value is -8.00. The maximum absolute atomic E-state index is 2.38. The first-order chi connectivity index (χ1) is 31.5. The monoisotopic (exact) mass is 815 g/mol. The summed E-state index contributed by atoms with van der Waals surface area (Å²) in [5.74, 6) is 0.